The molecule has 0 bridgehead atoms. The topological polar surface area (TPSA) is 48.9 Å². The van der Waals surface area contributed by atoms with Gasteiger partial charge < -0.3 is 5.10 Å². The summed E-state index contributed by atoms with van der Waals surface area (Å²) in [5, 5.41) is 5.90. The summed E-state index contributed by atoms with van der Waals surface area (Å²) in [7, 11) is 0. The van der Waals surface area contributed by atoms with Gasteiger partial charge in [0.25, 0.3) is 0 Å². The summed E-state index contributed by atoms with van der Waals surface area (Å²) >= 11 is 5.34. The summed E-state index contributed by atoms with van der Waals surface area (Å²) in [5.41, 5.74) is 7.49. The van der Waals surface area contributed by atoms with E-state index in [1.807, 2.05) is 36.7 Å². The van der Waals surface area contributed by atoms with Crippen LogP contribution in [0.5, 0.6) is 0 Å². The van der Waals surface area contributed by atoms with E-state index in [1.165, 1.54) is 5.56 Å². The van der Waals surface area contributed by atoms with Gasteiger partial charge in [-0.25, -0.2) is 4.98 Å². The second kappa shape index (κ2) is 6.37. The minimum atomic E-state index is 0.706. The summed E-state index contributed by atoms with van der Waals surface area (Å²) < 4.78 is 2.82. The number of rotatable bonds is 3. The molecule has 0 aliphatic carbocycles. The van der Waals surface area contributed by atoms with Crippen LogP contribution in [0.15, 0.2) is 85.3 Å². The van der Waals surface area contributed by atoms with Gasteiger partial charge in [-0.2, -0.15) is 0 Å². The van der Waals surface area contributed by atoms with Crippen molar-refractivity contribution in [2.24, 2.45) is 0 Å². The molecule has 27 heavy (non-hydrogen) atoms. The molecule has 0 unspecified atom stereocenters. The lowest BCUT2D eigenvalue weighted by Crippen LogP contribution is -1.89. The van der Waals surface area contributed by atoms with Crippen LogP contribution in [0.2, 0.25) is 0 Å². The molecule has 3 heterocycles. The Hall–Kier alpha value is -3.44. The molecule has 0 aliphatic heterocycles. The molecule has 0 saturated heterocycles. The van der Waals surface area contributed by atoms with Gasteiger partial charge in [0.05, 0.1) is 11.9 Å². The standard InChI is InChI=1S/C22H16N4S/c27-22-19(13-24-25-22)17-7-4-8-18(11-17)20-14-23-21-12-16(9-10-26(20)21)15-5-2-1-3-6-15/h1-14H,(H2,24,25,27). The van der Waals surface area contributed by atoms with Crippen LogP contribution in [0.3, 0.4) is 0 Å². The highest BCUT2D eigenvalue weighted by molar-refractivity contribution is 7.71. The second-order valence-electron chi connectivity index (χ2n) is 6.39. The van der Waals surface area contributed by atoms with Crippen molar-refractivity contribution in [3.8, 4) is 33.5 Å². The van der Waals surface area contributed by atoms with E-state index in [4.69, 9.17) is 12.2 Å². The predicted octanol–water partition coefficient (Wildman–Crippen LogP) is 5.72. The molecule has 0 fully saturated rings. The number of nitrogens with one attached hydrogen (secondary N) is 2. The zero-order chi connectivity index (χ0) is 18.2. The first-order valence-corrected chi connectivity index (χ1v) is 9.10. The number of aromatic nitrogens is 4. The number of imidazole rings is 1. The molecule has 2 N–H and O–H groups in total. The van der Waals surface area contributed by atoms with Gasteiger partial charge in [0.1, 0.15) is 10.3 Å². The van der Waals surface area contributed by atoms with Crippen molar-refractivity contribution in [3.05, 3.63) is 90.0 Å². The monoisotopic (exact) mass is 368 g/mol. The molecule has 2 aromatic carbocycles. The first kappa shape index (κ1) is 15.8. The molecule has 0 saturated carbocycles. The number of fused-ring (bicyclic) bond motifs is 1. The van der Waals surface area contributed by atoms with Crippen molar-refractivity contribution >= 4 is 17.9 Å². The Morgan fingerprint density at radius 3 is 2.44 bits per heavy atom. The first-order valence-electron chi connectivity index (χ1n) is 8.69. The van der Waals surface area contributed by atoms with Crippen LogP contribution in [-0.4, -0.2) is 19.6 Å². The molecule has 0 radical (unpaired) electrons. The highest BCUT2D eigenvalue weighted by atomic mass is 32.1. The fourth-order valence-corrected chi connectivity index (χ4v) is 3.61. The second-order valence-corrected chi connectivity index (χ2v) is 6.80. The fraction of sp³-hybridized carbons (Fsp3) is 0. The Morgan fingerprint density at radius 2 is 1.63 bits per heavy atom. The molecule has 0 amide bonds. The minimum Gasteiger partial charge on any atom is -0.307 e. The van der Waals surface area contributed by atoms with E-state index in [9.17, 15) is 0 Å². The van der Waals surface area contributed by atoms with E-state index in [-0.39, 0.29) is 0 Å². The van der Waals surface area contributed by atoms with Crippen molar-refractivity contribution in [2.75, 3.05) is 0 Å². The van der Waals surface area contributed by atoms with Crippen LogP contribution >= 0.6 is 12.2 Å². The summed E-state index contributed by atoms with van der Waals surface area (Å²) in [5.74, 6) is 0. The normalized spacial score (nSPS) is 11.1. The third kappa shape index (κ3) is 2.78. The first-order chi connectivity index (χ1) is 13.3. The number of pyridine rings is 1. The fourth-order valence-electron chi connectivity index (χ4n) is 3.37. The number of hydrogen-bond donors (Lipinski definition) is 2. The maximum atomic E-state index is 5.34. The lowest BCUT2D eigenvalue weighted by atomic mass is 10.0. The highest BCUT2D eigenvalue weighted by Gasteiger charge is 2.09. The van der Waals surface area contributed by atoms with E-state index in [2.05, 4.69) is 68.2 Å². The van der Waals surface area contributed by atoms with Crippen LogP contribution in [0.1, 0.15) is 0 Å². The van der Waals surface area contributed by atoms with E-state index < -0.39 is 0 Å². The SMILES string of the molecule is S=c1[nH][nH]cc1-c1cccc(-c2cnc3cc(-c4ccccc4)ccn23)c1. The van der Waals surface area contributed by atoms with Gasteiger partial charge >= 0.3 is 0 Å². The molecule has 130 valence electrons. The quantitative estimate of drug-likeness (QED) is 0.400. The predicted molar refractivity (Wildman–Crippen MR) is 111 cm³/mol. The van der Waals surface area contributed by atoms with E-state index in [0.717, 1.165) is 33.6 Å². The van der Waals surface area contributed by atoms with Gasteiger partial charge in [-0.15, -0.1) is 0 Å². The van der Waals surface area contributed by atoms with Gasteiger partial charge in [-0.05, 0) is 34.9 Å². The van der Waals surface area contributed by atoms with Gasteiger partial charge in [0.15, 0.2) is 0 Å². The molecule has 4 nitrogen and oxygen atoms in total. The van der Waals surface area contributed by atoms with Crippen molar-refractivity contribution in [2.45, 2.75) is 0 Å². The lowest BCUT2D eigenvalue weighted by Gasteiger charge is -2.06. The van der Waals surface area contributed by atoms with Crippen molar-refractivity contribution in [3.63, 3.8) is 0 Å². The summed E-state index contributed by atoms with van der Waals surface area (Å²) in [4.78, 5) is 4.62. The Bertz CT molecular complexity index is 1290. The summed E-state index contributed by atoms with van der Waals surface area (Å²) in [6.45, 7) is 0. The maximum Gasteiger partial charge on any atom is 0.137 e. The lowest BCUT2D eigenvalue weighted by molar-refractivity contribution is 1.08. The van der Waals surface area contributed by atoms with Crippen LogP contribution in [0.25, 0.3) is 39.2 Å². The number of hydrogen-bond acceptors (Lipinski definition) is 2. The molecule has 0 aliphatic rings. The largest absolute Gasteiger partial charge is 0.307 e. The maximum absolute atomic E-state index is 5.34. The molecule has 3 aromatic heterocycles. The summed E-state index contributed by atoms with van der Waals surface area (Å²) in [6, 6.07) is 22.9. The van der Waals surface area contributed by atoms with Gasteiger partial charge in [-0.1, -0.05) is 60.7 Å². The van der Waals surface area contributed by atoms with E-state index in [0.29, 0.717) is 4.64 Å². The molecule has 5 aromatic rings. The zero-order valence-electron chi connectivity index (χ0n) is 14.4. The third-order valence-corrected chi connectivity index (χ3v) is 5.06. The molecular formula is C22H16N4S. The molecule has 5 rings (SSSR count). The van der Waals surface area contributed by atoms with E-state index >= 15 is 0 Å². The Kier molecular flexibility index (Phi) is 3.73. The van der Waals surface area contributed by atoms with Crippen molar-refractivity contribution in [1.82, 2.24) is 19.6 Å². The Balaban J connectivity index is 1.60. The molecular weight excluding hydrogens is 352 g/mol. The van der Waals surface area contributed by atoms with E-state index in [1.54, 1.807) is 0 Å². The van der Waals surface area contributed by atoms with Gasteiger partial charge in [0.2, 0.25) is 0 Å². The van der Waals surface area contributed by atoms with Gasteiger partial charge in [0, 0.05) is 23.5 Å². The smallest absolute Gasteiger partial charge is 0.137 e. The number of H-pyrrole nitrogens is 2. The molecule has 5 heteroatoms. The minimum absolute atomic E-state index is 0.706. The molecule has 0 atom stereocenters. The average molecular weight is 368 g/mol. The number of nitrogens with zero attached hydrogens (tertiary/aromatic N) is 2. The van der Waals surface area contributed by atoms with Crippen LogP contribution in [0, 0.1) is 4.64 Å². The summed E-state index contributed by atoms with van der Waals surface area (Å²) in [6.07, 6.45) is 5.89. The Morgan fingerprint density at radius 1 is 0.815 bits per heavy atom. The van der Waals surface area contributed by atoms with Crippen LogP contribution in [0.4, 0.5) is 0 Å². The highest BCUT2D eigenvalue weighted by Crippen LogP contribution is 2.28. The van der Waals surface area contributed by atoms with Crippen LogP contribution in [-0.2, 0) is 0 Å². The Labute approximate surface area is 161 Å². The van der Waals surface area contributed by atoms with Crippen LogP contribution < -0.4 is 0 Å². The average Bonchev–Trinajstić information content (AvgIpc) is 3.34. The van der Waals surface area contributed by atoms with Crippen molar-refractivity contribution < 1.29 is 0 Å². The number of aromatic amines is 2. The number of benzene rings is 2. The zero-order valence-corrected chi connectivity index (χ0v) is 15.2. The third-order valence-electron chi connectivity index (χ3n) is 4.74. The molecule has 0 spiro atoms. The van der Waals surface area contributed by atoms with Crippen molar-refractivity contribution in [1.29, 1.82) is 0 Å². The van der Waals surface area contributed by atoms with Gasteiger partial charge in [-0.3, -0.25) is 9.50 Å².